The van der Waals surface area contributed by atoms with Crippen molar-refractivity contribution in [2.45, 2.75) is 32.2 Å². The van der Waals surface area contributed by atoms with E-state index in [9.17, 15) is 10.0 Å². The first-order valence-corrected chi connectivity index (χ1v) is 11.4. The van der Waals surface area contributed by atoms with Crippen molar-refractivity contribution in [2.24, 2.45) is 11.0 Å². The van der Waals surface area contributed by atoms with E-state index in [2.05, 4.69) is 5.10 Å². The van der Waals surface area contributed by atoms with Crippen LogP contribution in [0.1, 0.15) is 37.8 Å². The average molecular weight is 476 g/mol. The molecule has 1 saturated heterocycles. The molecule has 1 amide bonds. The van der Waals surface area contributed by atoms with Crippen molar-refractivity contribution < 1.29 is 9.53 Å². The molecule has 7 nitrogen and oxygen atoms in total. The minimum absolute atomic E-state index is 0.206. The number of rotatable bonds is 5. The van der Waals surface area contributed by atoms with Crippen LogP contribution in [0.5, 0.6) is 5.75 Å². The van der Waals surface area contributed by atoms with E-state index in [0.717, 1.165) is 30.6 Å². The predicted octanol–water partition coefficient (Wildman–Crippen LogP) is 5.28. The van der Waals surface area contributed by atoms with Crippen LogP contribution in [0, 0.1) is 11.1 Å². The van der Waals surface area contributed by atoms with Crippen molar-refractivity contribution in [3.8, 4) is 5.75 Å². The maximum Gasteiger partial charge on any atom is 0.274 e. The van der Waals surface area contributed by atoms with Crippen LogP contribution in [-0.2, 0) is 4.79 Å². The molecule has 1 fully saturated rings. The largest absolute Gasteiger partial charge is 0.741 e. The van der Waals surface area contributed by atoms with Gasteiger partial charge in [-0.15, -0.1) is 0 Å². The lowest BCUT2D eigenvalue weighted by molar-refractivity contribution is -0.136. The van der Waals surface area contributed by atoms with Gasteiger partial charge in [-0.05, 0) is 48.7 Å². The molecule has 2 aromatic rings. The topological polar surface area (TPSA) is 71.4 Å². The molecule has 0 spiro atoms. The highest BCUT2D eigenvalue weighted by atomic mass is 35.5. The number of piperidine rings is 1. The zero-order chi connectivity index (χ0) is 22.8. The van der Waals surface area contributed by atoms with Gasteiger partial charge in [-0.3, -0.25) is 9.80 Å². The van der Waals surface area contributed by atoms with Crippen molar-refractivity contribution in [2.75, 3.05) is 25.2 Å². The van der Waals surface area contributed by atoms with E-state index in [-0.39, 0.29) is 17.7 Å². The normalized spacial score (nSPS) is 21.4. The first-order valence-electron chi connectivity index (χ1n) is 10.6. The number of hydrazine groups is 1. The maximum absolute atomic E-state index is 13.2. The first-order chi connectivity index (χ1) is 15.4. The molecule has 32 heavy (non-hydrogen) atoms. The Bertz CT molecular complexity index is 1010. The fourth-order valence-corrected chi connectivity index (χ4v) is 4.75. The molecule has 2 aliphatic rings. The van der Waals surface area contributed by atoms with Gasteiger partial charge < -0.3 is 15.1 Å². The number of halogens is 2. The summed E-state index contributed by atoms with van der Waals surface area (Å²) in [6.07, 6.45) is 2.86. The summed E-state index contributed by atoms with van der Waals surface area (Å²) in [4.78, 5) is 13.2. The van der Waals surface area contributed by atoms with E-state index >= 15 is 0 Å². The summed E-state index contributed by atoms with van der Waals surface area (Å²) in [6, 6.07) is 12.4. The second-order valence-corrected chi connectivity index (χ2v) is 8.87. The van der Waals surface area contributed by atoms with E-state index in [4.69, 9.17) is 27.9 Å². The minimum atomic E-state index is -0.634. The number of hydroxylamine groups is 1. The molecule has 4 rings (SSSR count). The fraction of sp³-hybridized carbons (Fsp3) is 0.391. The number of carbonyl (C=O) groups is 1. The highest BCUT2D eigenvalue weighted by molar-refractivity contribution is 6.41. The monoisotopic (exact) mass is 475 g/mol. The molecular formula is C23H25Cl2N4O3-. The molecule has 0 saturated carbocycles. The van der Waals surface area contributed by atoms with Gasteiger partial charge >= 0.3 is 0 Å². The second kappa shape index (κ2) is 9.67. The highest BCUT2D eigenvalue weighted by Crippen LogP contribution is 2.43. The smallest absolute Gasteiger partial charge is 0.274 e. The van der Waals surface area contributed by atoms with Crippen LogP contribution in [0.4, 0.5) is 5.69 Å². The quantitative estimate of drug-likeness (QED) is 0.549. The predicted molar refractivity (Wildman–Crippen MR) is 127 cm³/mol. The molecule has 2 aliphatic heterocycles. The fourth-order valence-electron chi connectivity index (χ4n) is 4.26. The average Bonchev–Trinajstić information content (AvgIpc) is 3.15. The number of carbonyl (C=O) groups excluding carboxylic acids is 1. The Morgan fingerprint density at radius 2 is 1.81 bits per heavy atom. The van der Waals surface area contributed by atoms with Crippen molar-refractivity contribution in [3.63, 3.8) is 0 Å². The third-order valence-corrected chi connectivity index (χ3v) is 6.52. The molecule has 2 aromatic carbocycles. The lowest BCUT2D eigenvalue weighted by atomic mass is 9.91. The molecule has 0 aromatic heterocycles. The molecule has 0 radical (unpaired) electrons. The number of methoxy groups -OCH3 is 1. The summed E-state index contributed by atoms with van der Waals surface area (Å²) in [5, 5.41) is 22.1. The van der Waals surface area contributed by atoms with Crippen molar-refractivity contribution in [1.29, 1.82) is 0 Å². The van der Waals surface area contributed by atoms with E-state index in [1.54, 1.807) is 35.3 Å². The molecular weight excluding hydrogens is 451 g/mol. The summed E-state index contributed by atoms with van der Waals surface area (Å²) < 4.78 is 5.27. The van der Waals surface area contributed by atoms with Gasteiger partial charge in [0.25, 0.3) is 5.91 Å². The Labute approximate surface area is 197 Å². The molecule has 0 unspecified atom stereocenters. The zero-order valence-electron chi connectivity index (χ0n) is 18.0. The maximum atomic E-state index is 13.2. The summed E-state index contributed by atoms with van der Waals surface area (Å²) in [6.45, 7) is 3.05. The number of nitrogens with zero attached hydrogens (tertiary/aromatic N) is 4. The molecule has 0 aliphatic carbocycles. The lowest BCUT2D eigenvalue weighted by Crippen LogP contribution is -2.48. The molecule has 170 valence electrons. The van der Waals surface area contributed by atoms with Gasteiger partial charge in [0.1, 0.15) is 11.5 Å². The number of amides is 1. The minimum Gasteiger partial charge on any atom is -0.741 e. The van der Waals surface area contributed by atoms with E-state index in [0.29, 0.717) is 34.0 Å². The van der Waals surface area contributed by atoms with Crippen LogP contribution in [0.25, 0.3) is 0 Å². The van der Waals surface area contributed by atoms with Crippen LogP contribution in [0.15, 0.2) is 47.6 Å². The standard InChI is InChI=1S/C23H25Cl2N4O3/c1-15-21(23(30)29(31)27-12-4-3-5-13-27)26-28(20-11-8-17(24)14-19(20)25)22(15)16-6-9-18(32-2)10-7-16/h6-11,14-15,22H,3-5,12-13H2,1-2H3/q-1/t15-,22+/m1/s1. The summed E-state index contributed by atoms with van der Waals surface area (Å²) in [7, 11) is 1.61. The van der Waals surface area contributed by atoms with Gasteiger partial charge in [0, 0.05) is 24.0 Å². The second-order valence-electron chi connectivity index (χ2n) is 8.02. The van der Waals surface area contributed by atoms with Crippen LogP contribution < -0.4 is 9.75 Å². The van der Waals surface area contributed by atoms with Crippen molar-refractivity contribution in [1.82, 2.24) is 10.2 Å². The Hall–Kier alpha value is -2.32. The van der Waals surface area contributed by atoms with Crippen LogP contribution >= 0.6 is 23.2 Å². The summed E-state index contributed by atoms with van der Waals surface area (Å²) >= 11 is 12.6. The highest BCUT2D eigenvalue weighted by Gasteiger charge is 2.41. The molecule has 2 atom stereocenters. The first kappa shape index (κ1) is 22.9. The molecule has 2 heterocycles. The van der Waals surface area contributed by atoms with E-state index in [1.165, 1.54) is 0 Å². The lowest BCUT2D eigenvalue weighted by Gasteiger charge is -2.41. The van der Waals surface area contributed by atoms with E-state index < -0.39 is 5.91 Å². The Morgan fingerprint density at radius 3 is 2.44 bits per heavy atom. The molecule has 9 heteroatoms. The number of anilines is 1. The number of benzene rings is 2. The van der Waals surface area contributed by atoms with Crippen molar-refractivity contribution in [3.05, 3.63) is 63.3 Å². The Balaban J connectivity index is 1.71. The van der Waals surface area contributed by atoms with Gasteiger partial charge in [0.2, 0.25) is 0 Å². The van der Waals surface area contributed by atoms with Gasteiger partial charge in [-0.1, -0.05) is 48.7 Å². The molecule has 0 bridgehead atoms. The molecule has 0 N–H and O–H groups in total. The van der Waals surface area contributed by atoms with Gasteiger partial charge in [-0.2, -0.15) is 5.10 Å². The zero-order valence-corrected chi connectivity index (χ0v) is 19.5. The summed E-state index contributed by atoms with van der Waals surface area (Å²) in [5.41, 5.74) is 1.74. The van der Waals surface area contributed by atoms with Crippen LogP contribution in [0.2, 0.25) is 10.0 Å². The third-order valence-electron chi connectivity index (χ3n) is 5.98. The van der Waals surface area contributed by atoms with Crippen LogP contribution in [-0.4, -0.2) is 42.0 Å². The van der Waals surface area contributed by atoms with E-state index in [1.807, 2.05) is 31.2 Å². The summed E-state index contributed by atoms with van der Waals surface area (Å²) in [5.74, 6) is -0.252. The third kappa shape index (κ3) is 4.43. The number of ether oxygens (including phenoxy) is 1. The number of hydrogen-bond acceptors (Lipinski definition) is 6. The van der Waals surface area contributed by atoms with Crippen LogP contribution in [0.3, 0.4) is 0 Å². The van der Waals surface area contributed by atoms with Crippen molar-refractivity contribution >= 4 is 40.5 Å². The van der Waals surface area contributed by atoms with Gasteiger partial charge in [-0.25, -0.2) is 5.01 Å². The Morgan fingerprint density at radius 1 is 1.12 bits per heavy atom. The van der Waals surface area contributed by atoms with Gasteiger partial charge in [0.05, 0.1) is 23.9 Å². The number of hydrogen-bond donors (Lipinski definition) is 0. The van der Waals surface area contributed by atoms with Gasteiger partial charge in [0.15, 0.2) is 0 Å². The number of hydrazone groups is 1. The SMILES string of the molecule is COc1ccc([C@@H]2[C@H](C)C(C(=O)N([O-])N3CCCCC3)=NN2c2ccc(Cl)cc2Cl)cc1. The Kier molecular flexibility index (Phi) is 6.90.